The number of benzene rings is 2. The van der Waals surface area contributed by atoms with Gasteiger partial charge in [0.2, 0.25) is 0 Å². The van der Waals surface area contributed by atoms with Crippen LogP contribution in [0.4, 0.5) is 0 Å². The van der Waals surface area contributed by atoms with Crippen molar-refractivity contribution in [2.75, 3.05) is 23.8 Å². The SMILES string of the molecule is O=C(NCC1CSCCS1)c1cc2ccccc2cc1O. The molecule has 2 aromatic rings. The molecule has 21 heavy (non-hydrogen) atoms. The summed E-state index contributed by atoms with van der Waals surface area (Å²) in [7, 11) is 0. The van der Waals surface area contributed by atoms with Gasteiger partial charge in [0, 0.05) is 29.1 Å². The standard InChI is InChI=1S/C16H17NO2S2/c18-15-8-12-4-2-1-3-11(12)7-14(15)16(19)17-9-13-10-20-5-6-21-13/h1-4,7-8,13,18H,5-6,9-10H2,(H,17,19). The Balaban J connectivity index is 1.73. The fourth-order valence-corrected chi connectivity index (χ4v) is 4.98. The molecule has 2 aromatic carbocycles. The lowest BCUT2D eigenvalue weighted by Gasteiger charge is -2.21. The maximum Gasteiger partial charge on any atom is 0.255 e. The number of nitrogens with one attached hydrogen (secondary N) is 1. The largest absolute Gasteiger partial charge is 0.507 e. The number of carbonyl (C=O) groups is 1. The van der Waals surface area contributed by atoms with Crippen LogP contribution in [0.5, 0.6) is 5.75 Å². The Morgan fingerprint density at radius 1 is 1.24 bits per heavy atom. The number of aromatic hydroxyl groups is 1. The Morgan fingerprint density at radius 2 is 2.00 bits per heavy atom. The molecule has 0 radical (unpaired) electrons. The average molecular weight is 319 g/mol. The number of hydrogen-bond acceptors (Lipinski definition) is 4. The van der Waals surface area contributed by atoms with Crippen molar-refractivity contribution in [3.05, 3.63) is 42.0 Å². The number of carbonyl (C=O) groups excluding carboxylic acids is 1. The fraction of sp³-hybridized carbons (Fsp3) is 0.312. The number of amides is 1. The first kappa shape index (κ1) is 14.6. The van der Waals surface area contributed by atoms with E-state index in [1.807, 2.05) is 47.8 Å². The molecule has 3 nitrogen and oxygen atoms in total. The van der Waals surface area contributed by atoms with Crippen LogP contribution in [0, 0.1) is 0 Å². The van der Waals surface area contributed by atoms with E-state index < -0.39 is 0 Å². The zero-order chi connectivity index (χ0) is 14.7. The van der Waals surface area contributed by atoms with E-state index in [9.17, 15) is 9.90 Å². The molecule has 1 heterocycles. The maximum absolute atomic E-state index is 12.3. The van der Waals surface area contributed by atoms with Crippen LogP contribution in [0.3, 0.4) is 0 Å². The number of rotatable bonds is 3. The van der Waals surface area contributed by atoms with E-state index in [1.165, 1.54) is 5.75 Å². The van der Waals surface area contributed by atoms with Crippen molar-refractivity contribution in [3.63, 3.8) is 0 Å². The lowest BCUT2D eigenvalue weighted by molar-refractivity contribution is 0.0952. The Labute approximate surface area is 132 Å². The van der Waals surface area contributed by atoms with Crippen LogP contribution in [-0.2, 0) is 0 Å². The summed E-state index contributed by atoms with van der Waals surface area (Å²) in [4.78, 5) is 12.3. The monoisotopic (exact) mass is 319 g/mol. The van der Waals surface area contributed by atoms with Gasteiger partial charge in [-0.05, 0) is 22.9 Å². The molecule has 0 aromatic heterocycles. The first-order chi connectivity index (χ1) is 10.2. The molecule has 110 valence electrons. The third kappa shape index (κ3) is 3.47. The van der Waals surface area contributed by atoms with Crippen molar-refractivity contribution >= 4 is 40.2 Å². The van der Waals surface area contributed by atoms with Gasteiger partial charge in [-0.2, -0.15) is 23.5 Å². The quantitative estimate of drug-likeness (QED) is 0.912. The van der Waals surface area contributed by atoms with E-state index in [0.29, 0.717) is 17.4 Å². The number of thioether (sulfide) groups is 2. The molecule has 1 aliphatic heterocycles. The molecule has 1 fully saturated rings. The molecule has 2 N–H and O–H groups in total. The van der Waals surface area contributed by atoms with Gasteiger partial charge >= 0.3 is 0 Å². The maximum atomic E-state index is 12.3. The molecule has 0 aliphatic carbocycles. The molecular formula is C16H17NO2S2. The lowest BCUT2D eigenvalue weighted by atomic mass is 10.1. The Hall–Kier alpha value is -1.33. The highest BCUT2D eigenvalue weighted by atomic mass is 32.2. The second-order valence-corrected chi connectivity index (χ2v) is 7.55. The summed E-state index contributed by atoms with van der Waals surface area (Å²) < 4.78 is 0. The van der Waals surface area contributed by atoms with Crippen LogP contribution in [0.1, 0.15) is 10.4 Å². The molecular weight excluding hydrogens is 302 g/mol. The van der Waals surface area contributed by atoms with Crippen LogP contribution in [0.25, 0.3) is 10.8 Å². The number of hydrogen-bond donors (Lipinski definition) is 2. The number of phenolic OH excluding ortho intramolecular Hbond substituents is 1. The van der Waals surface area contributed by atoms with Crippen LogP contribution >= 0.6 is 23.5 Å². The van der Waals surface area contributed by atoms with E-state index in [2.05, 4.69) is 5.32 Å². The first-order valence-electron chi connectivity index (χ1n) is 6.93. The highest BCUT2D eigenvalue weighted by molar-refractivity contribution is 8.06. The second-order valence-electron chi connectivity index (χ2n) is 4.99. The molecule has 1 atom stereocenters. The van der Waals surface area contributed by atoms with Crippen LogP contribution in [-0.4, -0.2) is 40.1 Å². The third-order valence-corrected chi connectivity index (χ3v) is 6.33. The number of phenols is 1. The second kappa shape index (κ2) is 6.62. The highest BCUT2D eigenvalue weighted by Crippen LogP contribution is 2.26. The van der Waals surface area contributed by atoms with Gasteiger partial charge in [-0.1, -0.05) is 24.3 Å². The van der Waals surface area contributed by atoms with E-state index in [-0.39, 0.29) is 11.7 Å². The van der Waals surface area contributed by atoms with Gasteiger partial charge in [0.05, 0.1) is 5.56 Å². The van der Waals surface area contributed by atoms with Gasteiger partial charge in [0.15, 0.2) is 0 Å². The topological polar surface area (TPSA) is 49.3 Å². The van der Waals surface area contributed by atoms with Crippen molar-refractivity contribution in [2.45, 2.75) is 5.25 Å². The highest BCUT2D eigenvalue weighted by Gasteiger charge is 2.17. The molecule has 5 heteroatoms. The zero-order valence-corrected chi connectivity index (χ0v) is 13.2. The van der Waals surface area contributed by atoms with Crippen LogP contribution < -0.4 is 5.32 Å². The van der Waals surface area contributed by atoms with Gasteiger partial charge in [0.25, 0.3) is 5.91 Å². The smallest absolute Gasteiger partial charge is 0.255 e. The van der Waals surface area contributed by atoms with Crippen LogP contribution in [0.2, 0.25) is 0 Å². The lowest BCUT2D eigenvalue weighted by Crippen LogP contribution is -2.33. The minimum Gasteiger partial charge on any atom is -0.507 e. The van der Waals surface area contributed by atoms with Crippen molar-refractivity contribution < 1.29 is 9.90 Å². The normalized spacial score (nSPS) is 18.6. The molecule has 3 rings (SSSR count). The summed E-state index contributed by atoms with van der Waals surface area (Å²) in [5.74, 6) is 3.26. The van der Waals surface area contributed by atoms with E-state index in [0.717, 1.165) is 22.3 Å². The van der Waals surface area contributed by atoms with E-state index in [1.54, 1.807) is 12.1 Å². The predicted octanol–water partition coefficient (Wildman–Crippen LogP) is 3.12. The average Bonchev–Trinajstić information content (AvgIpc) is 2.53. The van der Waals surface area contributed by atoms with Crippen LogP contribution in [0.15, 0.2) is 36.4 Å². The molecule has 0 saturated carbocycles. The zero-order valence-electron chi connectivity index (χ0n) is 11.5. The molecule has 0 bridgehead atoms. The van der Waals surface area contributed by atoms with Crippen molar-refractivity contribution in [1.82, 2.24) is 5.32 Å². The molecule has 1 amide bonds. The summed E-state index contributed by atoms with van der Waals surface area (Å²) in [6.07, 6.45) is 0. The molecule has 1 saturated heterocycles. The predicted molar refractivity (Wildman–Crippen MR) is 91.5 cm³/mol. The summed E-state index contributed by atoms with van der Waals surface area (Å²) >= 11 is 3.84. The van der Waals surface area contributed by atoms with Gasteiger partial charge in [0.1, 0.15) is 5.75 Å². The fourth-order valence-electron chi connectivity index (χ4n) is 2.37. The van der Waals surface area contributed by atoms with E-state index >= 15 is 0 Å². The Morgan fingerprint density at radius 3 is 2.71 bits per heavy atom. The minimum absolute atomic E-state index is 0.0388. The van der Waals surface area contributed by atoms with Crippen molar-refractivity contribution in [1.29, 1.82) is 0 Å². The molecule has 1 aliphatic rings. The van der Waals surface area contributed by atoms with Crippen molar-refractivity contribution in [2.24, 2.45) is 0 Å². The molecule has 1 unspecified atom stereocenters. The number of fused-ring (bicyclic) bond motifs is 1. The minimum atomic E-state index is -0.200. The van der Waals surface area contributed by atoms with Gasteiger partial charge < -0.3 is 10.4 Å². The van der Waals surface area contributed by atoms with E-state index in [4.69, 9.17) is 0 Å². The van der Waals surface area contributed by atoms with Gasteiger partial charge in [-0.15, -0.1) is 0 Å². The van der Waals surface area contributed by atoms with Gasteiger partial charge in [-0.3, -0.25) is 4.79 Å². The summed E-state index contributed by atoms with van der Waals surface area (Å²) in [5, 5.41) is 15.4. The van der Waals surface area contributed by atoms with Crippen molar-refractivity contribution in [3.8, 4) is 5.75 Å². The molecule has 0 spiro atoms. The third-order valence-electron chi connectivity index (χ3n) is 3.48. The van der Waals surface area contributed by atoms with Gasteiger partial charge in [-0.25, -0.2) is 0 Å². The summed E-state index contributed by atoms with van der Waals surface area (Å²) in [6, 6.07) is 11.1. The Kier molecular flexibility index (Phi) is 4.60. The summed E-state index contributed by atoms with van der Waals surface area (Å²) in [6.45, 7) is 0.656. The first-order valence-corrected chi connectivity index (χ1v) is 9.14. The summed E-state index contributed by atoms with van der Waals surface area (Å²) in [5.41, 5.74) is 0.349. The Bertz CT molecular complexity index is 654.